The van der Waals surface area contributed by atoms with Crippen molar-refractivity contribution in [2.45, 2.75) is 33.1 Å². The summed E-state index contributed by atoms with van der Waals surface area (Å²) in [5.74, 6) is 0.921. The van der Waals surface area contributed by atoms with Gasteiger partial charge in [0.2, 0.25) is 0 Å². The molecule has 8 aromatic rings. The highest BCUT2D eigenvalue weighted by molar-refractivity contribution is 6.28. The first-order valence-corrected chi connectivity index (χ1v) is 12.9. The molecule has 0 radical (unpaired) electrons. The molecule has 0 fully saturated rings. The van der Waals surface area contributed by atoms with Gasteiger partial charge in [0, 0.05) is 26.9 Å². The average molecular weight is 482 g/mol. The van der Waals surface area contributed by atoms with E-state index < -0.39 is 0 Å². The van der Waals surface area contributed by atoms with E-state index in [1.807, 2.05) is 0 Å². The number of hydrogen-bond acceptors (Lipinski definition) is 2. The lowest BCUT2D eigenvalue weighted by Crippen LogP contribution is -2.10. The number of nitrogens with zero attached hydrogens (tertiary/aromatic N) is 1. The monoisotopic (exact) mass is 481 g/mol. The van der Waals surface area contributed by atoms with Crippen LogP contribution in [0.2, 0.25) is 0 Å². The van der Waals surface area contributed by atoms with Crippen molar-refractivity contribution in [3.05, 3.63) is 83.9 Å². The minimum Gasteiger partial charge on any atom is -0.496 e. The molecular formula is C34H27NO2. The Morgan fingerprint density at radius 1 is 0.676 bits per heavy atom. The first-order chi connectivity index (χ1) is 17.8. The Hall–Kier alpha value is -4.24. The molecule has 3 aromatic heterocycles. The highest BCUT2D eigenvalue weighted by Gasteiger charge is 2.23. The van der Waals surface area contributed by atoms with Crippen molar-refractivity contribution >= 4 is 70.8 Å². The number of hydrogen-bond donors (Lipinski definition) is 0. The van der Waals surface area contributed by atoms with Gasteiger partial charge in [0.1, 0.15) is 16.9 Å². The lowest BCUT2D eigenvalue weighted by Gasteiger charge is -2.19. The number of methoxy groups -OCH3 is 1. The molecule has 0 aliphatic heterocycles. The molecule has 8 rings (SSSR count). The molecule has 0 spiro atoms. The number of furan rings is 1. The fourth-order valence-corrected chi connectivity index (χ4v) is 6.36. The van der Waals surface area contributed by atoms with Crippen LogP contribution in [-0.2, 0) is 5.41 Å². The van der Waals surface area contributed by atoms with Gasteiger partial charge in [0.15, 0.2) is 0 Å². The molecule has 3 nitrogen and oxygen atoms in total. The molecule has 0 bridgehead atoms. The summed E-state index contributed by atoms with van der Waals surface area (Å²) in [5, 5.41) is 9.76. The summed E-state index contributed by atoms with van der Waals surface area (Å²) in [6.07, 6.45) is 0. The van der Waals surface area contributed by atoms with E-state index in [1.54, 1.807) is 7.11 Å². The molecule has 3 heterocycles. The fraction of sp³-hybridized carbons (Fsp3) is 0.176. The maximum absolute atomic E-state index is 6.29. The number of benzene rings is 5. The van der Waals surface area contributed by atoms with E-state index in [0.717, 1.165) is 16.9 Å². The summed E-state index contributed by atoms with van der Waals surface area (Å²) in [4.78, 5) is 0. The molecular weight excluding hydrogens is 454 g/mol. The van der Waals surface area contributed by atoms with Crippen molar-refractivity contribution in [3.8, 4) is 5.75 Å². The standard InChI is InChI=1S/C34H27NO2/c1-18-6-9-22-30(14-18)37-29-12-7-19-15-24-21-10-13-28(36-5)32-25-16-20(34(2,3)4)8-11-26(25)35(33(21)32)27(24)17-23(19)31(22)29/h6-17H,1-5H3. The van der Waals surface area contributed by atoms with Gasteiger partial charge in [-0.25, -0.2) is 0 Å². The van der Waals surface area contributed by atoms with E-state index in [0.29, 0.717) is 0 Å². The van der Waals surface area contributed by atoms with Crippen LogP contribution < -0.4 is 4.74 Å². The molecule has 180 valence electrons. The zero-order chi connectivity index (χ0) is 25.2. The lowest BCUT2D eigenvalue weighted by atomic mass is 9.86. The highest BCUT2D eigenvalue weighted by atomic mass is 16.5. The van der Waals surface area contributed by atoms with Crippen LogP contribution in [0.5, 0.6) is 5.75 Å². The van der Waals surface area contributed by atoms with Gasteiger partial charge in [-0.1, -0.05) is 45.0 Å². The molecule has 0 aliphatic rings. The smallest absolute Gasteiger partial charge is 0.136 e. The summed E-state index contributed by atoms with van der Waals surface area (Å²) in [6.45, 7) is 8.92. The van der Waals surface area contributed by atoms with Crippen molar-refractivity contribution in [1.29, 1.82) is 0 Å². The van der Waals surface area contributed by atoms with E-state index in [2.05, 4.69) is 105 Å². The lowest BCUT2D eigenvalue weighted by molar-refractivity contribution is 0.420. The highest BCUT2D eigenvalue weighted by Crippen LogP contribution is 2.46. The number of aromatic nitrogens is 1. The average Bonchev–Trinajstić information content (AvgIpc) is 3.52. The Balaban J connectivity index is 1.60. The van der Waals surface area contributed by atoms with Crippen LogP contribution in [0, 0.1) is 6.92 Å². The molecule has 0 N–H and O–H groups in total. The summed E-state index contributed by atoms with van der Waals surface area (Å²) in [7, 11) is 1.77. The van der Waals surface area contributed by atoms with E-state index in [-0.39, 0.29) is 5.41 Å². The summed E-state index contributed by atoms with van der Waals surface area (Å²) >= 11 is 0. The third kappa shape index (κ3) is 2.61. The van der Waals surface area contributed by atoms with Gasteiger partial charge in [-0.15, -0.1) is 0 Å². The second kappa shape index (κ2) is 6.74. The van der Waals surface area contributed by atoms with Crippen molar-refractivity contribution in [3.63, 3.8) is 0 Å². The second-order valence-corrected chi connectivity index (χ2v) is 11.5. The maximum Gasteiger partial charge on any atom is 0.136 e. The minimum atomic E-state index is 0.0674. The van der Waals surface area contributed by atoms with Gasteiger partial charge in [-0.2, -0.15) is 0 Å². The topological polar surface area (TPSA) is 26.8 Å². The third-order valence-corrected chi connectivity index (χ3v) is 8.21. The summed E-state index contributed by atoms with van der Waals surface area (Å²) < 4.78 is 14.6. The number of ether oxygens (including phenoxy) is 1. The van der Waals surface area contributed by atoms with Crippen molar-refractivity contribution in [2.75, 3.05) is 7.11 Å². The molecule has 0 saturated heterocycles. The van der Waals surface area contributed by atoms with Gasteiger partial charge in [0.25, 0.3) is 0 Å². The van der Waals surface area contributed by atoms with Crippen LogP contribution >= 0.6 is 0 Å². The van der Waals surface area contributed by atoms with Crippen molar-refractivity contribution in [2.24, 2.45) is 0 Å². The predicted octanol–water partition coefficient (Wildman–Crippen LogP) is 9.50. The first kappa shape index (κ1) is 20.9. The molecule has 37 heavy (non-hydrogen) atoms. The van der Waals surface area contributed by atoms with Gasteiger partial charge >= 0.3 is 0 Å². The first-order valence-electron chi connectivity index (χ1n) is 12.9. The number of fused-ring (bicyclic) bond motifs is 11. The fourth-order valence-electron chi connectivity index (χ4n) is 6.36. The van der Waals surface area contributed by atoms with E-state index in [9.17, 15) is 0 Å². The summed E-state index contributed by atoms with van der Waals surface area (Å²) in [6, 6.07) is 26.8. The quantitative estimate of drug-likeness (QED) is 0.233. The second-order valence-electron chi connectivity index (χ2n) is 11.5. The predicted molar refractivity (Wildman–Crippen MR) is 156 cm³/mol. The Bertz CT molecular complexity index is 2220. The third-order valence-electron chi connectivity index (χ3n) is 8.21. The van der Waals surface area contributed by atoms with Gasteiger partial charge in [-0.05, 0) is 82.8 Å². The summed E-state index contributed by atoms with van der Waals surface area (Å²) in [5.41, 5.74) is 8.14. The number of aryl methyl sites for hydroxylation is 1. The van der Waals surface area contributed by atoms with Crippen LogP contribution in [-0.4, -0.2) is 11.5 Å². The largest absolute Gasteiger partial charge is 0.496 e. The van der Waals surface area contributed by atoms with Gasteiger partial charge in [0.05, 0.1) is 29.0 Å². The molecule has 3 heteroatoms. The van der Waals surface area contributed by atoms with Crippen molar-refractivity contribution < 1.29 is 9.15 Å². The normalized spacial score (nSPS) is 13.0. The zero-order valence-corrected chi connectivity index (χ0v) is 21.7. The molecule has 0 atom stereocenters. The Morgan fingerprint density at radius 2 is 1.51 bits per heavy atom. The Morgan fingerprint density at radius 3 is 2.32 bits per heavy atom. The zero-order valence-electron chi connectivity index (χ0n) is 21.7. The Kier molecular flexibility index (Phi) is 3.81. The van der Waals surface area contributed by atoms with Crippen molar-refractivity contribution in [1.82, 2.24) is 4.40 Å². The molecule has 0 amide bonds. The number of rotatable bonds is 1. The van der Waals surface area contributed by atoms with Crippen LogP contribution in [0.15, 0.2) is 77.2 Å². The SMILES string of the molecule is COc1ccc2c3cc4ccc5oc6cc(C)ccc6c5c4cc3n3c4ccc(C(C)(C)C)cc4c1c23. The van der Waals surface area contributed by atoms with Crippen LogP contribution in [0.25, 0.3) is 70.8 Å². The van der Waals surface area contributed by atoms with Gasteiger partial charge in [-0.3, -0.25) is 0 Å². The maximum atomic E-state index is 6.29. The van der Waals surface area contributed by atoms with Gasteiger partial charge < -0.3 is 13.6 Å². The van der Waals surface area contributed by atoms with Crippen LogP contribution in [0.4, 0.5) is 0 Å². The minimum absolute atomic E-state index is 0.0674. The van der Waals surface area contributed by atoms with E-state index in [4.69, 9.17) is 9.15 Å². The molecule has 0 aliphatic carbocycles. The molecule has 0 saturated carbocycles. The Labute approximate surface area is 214 Å². The molecule has 0 unspecified atom stereocenters. The van der Waals surface area contributed by atoms with E-state index in [1.165, 1.54) is 70.8 Å². The van der Waals surface area contributed by atoms with E-state index >= 15 is 0 Å². The molecule has 5 aromatic carbocycles. The van der Waals surface area contributed by atoms with Crippen LogP contribution in [0.1, 0.15) is 31.9 Å². The van der Waals surface area contributed by atoms with Crippen LogP contribution in [0.3, 0.4) is 0 Å².